The molecule has 0 aromatic carbocycles. The second kappa shape index (κ2) is 18.4. The summed E-state index contributed by atoms with van der Waals surface area (Å²) in [6.07, 6.45) is -7.80. The van der Waals surface area contributed by atoms with Crippen molar-refractivity contribution in [3.8, 4) is 0 Å². The van der Waals surface area contributed by atoms with E-state index in [2.05, 4.69) is 4.85 Å². The Morgan fingerprint density at radius 1 is 0.962 bits per heavy atom. The number of methoxy groups -OCH3 is 1. The summed E-state index contributed by atoms with van der Waals surface area (Å²) in [4.78, 5) is 19.6. The lowest BCUT2D eigenvalue weighted by Gasteiger charge is -2.48. The number of cyclic esters (lactones) is 1. The molecule has 5 N–H and O–H groups in total. The van der Waals surface area contributed by atoms with Gasteiger partial charge in [-0.1, -0.05) is 20.8 Å². The Bertz CT molecular complexity index is 1180. The van der Waals surface area contributed by atoms with Crippen LogP contribution in [-0.4, -0.2) is 147 Å². The van der Waals surface area contributed by atoms with Crippen molar-refractivity contribution in [1.29, 1.82) is 0 Å². The zero-order chi connectivity index (χ0) is 39.3. The number of esters is 1. The Morgan fingerprint density at radius 3 is 2.21 bits per heavy atom. The molecule has 3 fully saturated rings. The second-order valence-corrected chi connectivity index (χ2v) is 16.5. The molecule has 52 heavy (non-hydrogen) atoms. The van der Waals surface area contributed by atoms with E-state index in [9.17, 15) is 30.3 Å². The van der Waals surface area contributed by atoms with Crippen LogP contribution in [0.15, 0.2) is 0 Å². The summed E-state index contributed by atoms with van der Waals surface area (Å²) in [6, 6.07) is -0.648. The highest BCUT2D eigenvalue weighted by Crippen LogP contribution is 2.40. The van der Waals surface area contributed by atoms with Gasteiger partial charge < -0.3 is 58.8 Å². The number of aliphatic hydroxyl groups is 5. The highest BCUT2D eigenvalue weighted by molar-refractivity contribution is 5.73. The molecule has 14 nitrogen and oxygen atoms in total. The van der Waals surface area contributed by atoms with Crippen molar-refractivity contribution >= 4 is 5.97 Å². The van der Waals surface area contributed by atoms with Crippen molar-refractivity contribution in [1.82, 2.24) is 4.90 Å². The molecule has 3 heterocycles. The lowest BCUT2D eigenvalue weighted by atomic mass is 9.77. The molecule has 17 atom stereocenters. The van der Waals surface area contributed by atoms with Crippen LogP contribution < -0.4 is 0 Å². The molecule has 1 unspecified atom stereocenters. The number of rotatable bonds is 8. The topological polar surface area (TPSA) is 181 Å². The molecule has 0 bridgehead atoms. The van der Waals surface area contributed by atoms with Crippen molar-refractivity contribution < 1.29 is 58.7 Å². The molecule has 3 aliphatic heterocycles. The van der Waals surface area contributed by atoms with Crippen LogP contribution in [-0.2, 0) is 33.2 Å². The number of carbonyl (C=O) groups is 1. The molecular weight excluding hydrogens is 676 g/mol. The molecule has 0 radical (unpaired) electrons. The van der Waals surface area contributed by atoms with Crippen LogP contribution >= 0.6 is 0 Å². The highest BCUT2D eigenvalue weighted by Gasteiger charge is 2.52. The Hall–Kier alpha value is -1.48. The maximum Gasteiger partial charge on any atom is 0.311 e. The number of aliphatic hydroxyl groups excluding tert-OH is 3. The van der Waals surface area contributed by atoms with Crippen LogP contribution in [0.2, 0.25) is 0 Å². The van der Waals surface area contributed by atoms with Gasteiger partial charge in [-0.2, -0.15) is 0 Å². The Balaban J connectivity index is 2.17. The molecule has 3 saturated heterocycles. The zero-order valence-corrected chi connectivity index (χ0v) is 33.2. The van der Waals surface area contributed by atoms with Crippen LogP contribution in [0.5, 0.6) is 0 Å². The summed E-state index contributed by atoms with van der Waals surface area (Å²) >= 11 is 0. The average molecular weight is 745 g/mol. The van der Waals surface area contributed by atoms with E-state index in [1.54, 1.807) is 48.5 Å². The van der Waals surface area contributed by atoms with Crippen molar-refractivity contribution in [2.75, 3.05) is 26.7 Å². The minimum atomic E-state index is -1.87. The molecule has 0 amide bonds. The van der Waals surface area contributed by atoms with Crippen molar-refractivity contribution in [2.24, 2.45) is 17.8 Å². The van der Waals surface area contributed by atoms with Gasteiger partial charge in [0.15, 0.2) is 12.6 Å². The van der Waals surface area contributed by atoms with Gasteiger partial charge in [-0.3, -0.25) is 9.69 Å². The first-order valence-electron chi connectivity index (χ1n) is 19.1. The van der Waals surface area contributed by atoms with Crippen molar-refractivity contribution in [2.45, 2.75) is 186 Å². The summed E-state index contributed by atoms with van der Waals surface area (Å²) in [6.45, 7) is 25.6. The lowest BCUT2D eigenvalue weighted by molar-refractivity contribution is -0.314. The first-order chi connectivity index (χ1) is 24.1. The first-order valence-corrected chi connectivity index (χ1v) is 19.1. The van der Waals surface area contributed by atoms with Gasteiger partial charge in [0, 0.05) is 32.0 Å². The fourth-order valence-electron chi connectivity index (χ4n) is 8.47. The Labute approximate surface area is 310 Å². The van der Waals surface area contributed by atoms with Crippen molar-refractivity contribution in [3.05, 3.63) is 11.4 Å². The van der Waals surface area contributed by atoms with E-state index in [1.807, 2.05) is 18.7 Å². The fraction of sp³-hybridized carbons (Fsp3) is 0.947. The van der Waals surface area contributed by atoms with Crippen LogP contribution in [0.1, 0.15) is 101 Å². The molecule has 0 aromatic rings. The predicted octanol–water partition coefficient (Wildman–Crippen LogP) is 2.65. The van der Waals surface area contributed by atoms with Gasteiger partial charge in [0.25, 0.3) is 0 Å². The van der Waals surface area contributed by atoms with Crippen LogP contribution in [0.3, 0.4) is 0 Å². The molecule has 14 heteroatoms. The monoisotopic (exact) mass is 744 g/mol. The number of carbonyl (C=O) groups excluding carboxylic acids is 1. The van der Waals surface area contributed by atoms with E-state index in [0.717, 1.165) is 0 Å². The third-order valence-corrected chi connectivity index (χ3v) is 11.8. The number of ether oxygens (including phenoxy) is 6. The Morgan fingerprint density at radius 2 is 1.62 bits per heavy atom. The summed E-state index contributed by atoms with van der Waals surface area (Å²) in [7, 11) is 1.50. The number of nitrogens with zero attached hydrogens (tertiary/aromatic N) is 2. The van der Waals surface area contributed by atoms with E-state index < -0.39 is 96.0 Å². The molecule has 0 aromatic heterocycles. The maximum atomic E-state index is 14.2. The van der Waals surface area contributed by atoms with Gasteiger partial charge in [-0.05, 0) is 80.1 Å². The molecule has 302 valence electrons. The standard InChI is InChI=1S/C38H68N2O12/c1-13-28-38(10,46)31(42)25(6)40(17-16-39-11)20-21(2)18-36(8,45)33(52-35-27(41)15-14-22(3)48-35)23(4)30(24(5)34(44)50-28)51-29-19-37(9,47-12)32(43)26(7)49-29/h21-33,35,41-43,45-46H,13-20H2,1-10,12H3/t21-,22-,23+,24-,25-,26+,27-,28-,29+,30+,31-,32+,33-,35+,36?,37-,38-/m1/s1. The maximum absolute atomic E-state index is 14.2. The van der Waals surface area contributed by atoms with E-state index in [1.165, 1.54) is 14.0 Å². The summed E-state index contributed by atoms with van der Waals surface area (Å²) in [5, 5.41) is 57.8. The summed E-state index contributed by atoms with van der Waals surface area (Å²) in [5.41, 5.74) is -4.48. The Kier molecular flexibility index (Phi) is 15.9. The van der Waals surface area contributed by atoms with E-state index in [0.29, 0.717) is 25.9 Å². The van der Waals surface area contributed by atoms with Crippen molar-refractivity contribution in [3.63, 3.8) is 0 Å². The van der Waals surface area contributed by atoms with Gasteiger partial charge in [0.05, 0.1) is 48.1 Å². The molecule has 3 rings (SSSR count). The smallest absolute Gasteiger partial charge is 0.311 e. The molecular formula is C38H68N2O12. The SMILES string of the molecule is [C-]#[N+]CCN1C[C@H](C)CC(C)(O)[C@H](O[C@@H]2O[C@H](C)CC[C@H]2O)[C@@H](C)[C@H](O[C@H]2C[C@@](C)(OC)[C@@H](O)[C@H](C)O2)[C@@H](C)C(=O)O[C@H](CC)[C@@](C)(O)[C@H](O)[C@H]1C. The fourth-order valence-corrected chi connectivity index (χ4v) is 8.47. The zero-order valence-electron chi connectivity index (χ0n) is 33.2. The number of hydrogen-bond acceptors (Lipinski definition) is 13. The largest absolute Gasteiger partial charge is 0.459 e. The normalized spacial score (nSPS) is 47.9. The average Bonchev–Trinajstić information content (AvgIpc) is 3.08. The van der Waals surface area contributed by atoms with Gasteiger partial charge >= 0.3 is 5.97 Å². The summed E-state index contributed by atoms with van der Waals surface area (Å²) < 4.78 is 37.2. The van der Waals surface area contributed by atoms with E-state index >= 15 is 0 Å². The van der Waals surface area contributed by atoms with E-state index in [4.69, 9.17) is 35.0 Å². The predicted molar refractivity (Wildman–Crippen MR) is 192 cm³/mol. The summed E-state index contributed by atoms with van der Waals surface area (Å²) in [5.74, 6) is -2.71. The number of hydrogen-bond donors (Lipinski definition) is 5. The van der Waals surface area contributed by atoms with Gasteiger partial charge in [-0.15, -0.1) is 0 Å². The van der Waals surface area contributed by atoms with Crippen LogP contribution in [0.25, 0.3) is 4.85 Å². The minimum absolute atomic E-state index is 0.123. The molecule has 0 spiro atoms. The quantitative estimate of drug-likeness (QED) is 0.181. The second-order valence-electron chi connectivity index (χ2n) is 16.5. The van der Waals surface area contributed by atoms with E-state index in [-0.39, 0.29) is 37.8 Å². The van der Waals surface area contributed by atoms with Crippen LogP contribution in [0, 0.1) is 24.3 Å². The lowest BCUT2D eigenvalue weighted by Crippen LogP contribution is -2.60. The van der Waals surface area contributed by atoms with Gasteiger partial charge in [0.1, 0.15) is 30.0 Å². The third-order valence-electron chi connectivity index (χ3n) is 11.8. The minimum Gasteiger partial charge on any atom is -0.459 e. The first kappa shape index (κ1) is 44.9. The third kappa shape index (κ3) is 10.4. The van der Waals surface area contributed by atoms with Gasteiger partial charge in [0.2, 0.25) is 6.54 Å². The molecule has 0 saturated carbocycles. The van der Waals surface area contributed by atoms with Gasteiger partial charge in [-0.25, -0.2) is 6.57 Å². The van der Waals surface area contributed by atoms with Crippen LogP contribution in [0.4, 0.5) is 0 Å². The molecule has 3 aliphatic rings. The molecule has 0 aliphatic carbocycles. The highest BCUT2D eigenvalue weighted by atomic mass is 16.7.